The number of aromatic amines is 1. The number of hydrogen-bond acceptors (Lipinski definition) is 12. The number of rotatable bonds is 22. The summed E-state index contributed by atoms with van der Waals surface area (Å²) >= 11 is 32.0. The van der Waals surface area contributed by atoms with Gasteiger partial charge in [0.25, 0.3) is 18.6 Å². The molecule has 0 spiro atoms. The number of hydrogen-bond donors (Lipinski definition) is 2. The van der Waals surface area contributed by atoms with Crippen molar-refractivity contribution in [2.45, 2.75) is 104 Å². The first-order valence-corrected chi connectivity index (χ1v) is 25.9. The number of benzene rings is 4. The van der Waals surface area contributed by atoms with Crippen LogP contribution >= 0.6 is 66.5 Å². The standard InChI is InChI=1S/C51H58Cl5N4O11P/c1-32(2)60(33(3)4)72(71-51(55,56)50(52,53)54)70-41-27-44(59-30-35(46(63)57-47(59)64)29-58(6)43(61)28-48(5,65)45(62)34-15-11-9-12-16-34)69-42(41)31-68-49(36-17-13-10-14-18-36,37-19-23-39(66-7)24-20-37)38-21-25-40(67-8)26-22-38/h9-26,30,32-33,41-42,44,65H,27-29,31H2,1-8H3,(H,57,63,64)/t41-,42+,44+,48?,72?/m0/s1. The number of ketones is 1. The highest BCUT2D eigenvalue weighted by Gasteiger charge is 2.53. The van der Waals surface area contributed by atoms with Gasteiger partial charge in [0.2, 0.25) is 9.70 Å². The van der Waals surface area contributed by atoms with Gasteiger partial charge in [0, 0.05) is 37.3 Å². The molecule has 0 aliphatic carbocycles. The van der Waals surface area contributed by atoms with Crippen LogP contribution in [-0.4, -0.2) is 102 Å². The van der Waals surface area contributed by atoms with Crippen LogP contribution in [0.15, 0.2) is 125 Å². The molecular formula is C51H58Cl5N4O11P. The Morgan fingerprint density at radius 3 is 1.83 bits per heavy atom. The van der Waals surface area contributed by atoms with Gasteiger partial charge in [0.15, 0.2) is 5.78 Å². The topological polar surface area (TPSA) is 171 Å². The lowest BCUT2D eigenvalue weighted by atomic mass is 9.80. The zero-order chi connectivity index (χ0) is 52.8. The molecule has 1 aliphatic heterocycles. The molecule has 1 fully saturated rings. The maximum absolute atomic E-state index is 13.9. The lowest BCUT2D eigenvalue weighted by molar-refractivity contribution is -0.133. The zero-order valence-corrected chi connectivity index (χ0v) is 45.6. The summed E-state index contributed by atoms with van der Waals surface area (Å²) in [4.78, 5) is 57.6. The Kier molecular flexibility index (Phi) is 19.1. The van der Waals surface area contributed by atoms with E-state index in [4.69, 9.17) is 86.0 Å². The molecule has 1 aliphatic rings. The normalized spacial score (nSPS) is 17.8. The van der Waals surface area contributed by atoms with Crippen molar-refractivity contribution in [1.82, 2.24) is 19.1 Å². The van der Waals surface area contributed by atoms with E-state index < -0.39 is 75.8 Å². The number of halogens is 5. The van der Waals surface area contributed by atoms with Gasteiger partial charge in [-0.25, -0.2) is 9.46 Å². The predicted octanol–water partition coefficient (Wildman–Crippen LogP) is 10.1. The fraction of sp³-hybridized carbons (Fsp3) is 0.412. The molecule has 2 N–H and O–H groups in total. The number of methoxy groups -OCH3 is 2. The van der Waals surface area contributed by atoms with E-state index >= 15 is 0 Å². The molecule has 0 saturated carbocycles. The van der Waals surface area contributed by atoms with Crippen molar-refractivity contribution in [1.29, 1.82) is 0 Å². The maximum Gasteiger partial charge on any atom is 0.330 e. The van der Waals surface area contributed by atoms with Crippen LogP contribution in [0.25, 0.3) is 0 Å². The summed E-state index contributed by atoms with van der Waals surface area (Å²) < 4.78 is 36.6. The number of carbonyl (C=O) groups excluding carboxylic acids is 2. The van der Waals surface area contributed by atoms with Crippen molar-refractivity contribution in [2.75, 3.05) is 27.9 Å². The van der Waals surface area contributed by atoms with Crippen molar-refractivity contribution in [3.05, 3.63) is 164 Å². The summed E-state index contributed by atoms with van der Waals surface area (Å²) in [6, 6.07) is 32.2. The first-order chi connectivity index (χ1) is 33.9. The first-order valence-electron chi connectivity index (χ1n) is 22.9. The van der Waals surface area contributed by atoms with E-state index in [1.54, 1.807) is 44.6 Å². The van der Waals surface area contributed by atoms with Crippen molar-refractivity contribution in [3.8, 4) is 11.5 Å². The van der Waals surface area contributed by atoms with E-state index in [2.05, 4.69) is 4.98 Å². The lowest BCUT2D eigenvalue weighted by Crippen LogP contribution is -2.42. The van der Waals surface area contributed by atoms with Gasteiger partial charge < -0.3 is 33.5 Å². The number of H-pyrrole nitrogens is 1. The number of amides is 1. The molecule has 1 saturated heterocycles. The van der Waals surface area contributed by atoms with Crippen molar-refractivity contribution < 1.29 is 42.7 Å². The largest absolute Gasteiger partial charge is 0.497 e. The summed E-state index contributed by atoms with van der Waals surface area (Å²) in [5, 5.41) is 11.1. The van der Waals surface area contributed by atoms with Gasteiger partial charge in [-0.2, -0.15) is 0 Å². The van der Waals surface area contributed by atoms with E-state index in [9.17, 15) is 24.3 Å². The summed E-state index contributed by atoms with van der Waals surface area (Å²) in [7, 11) is 2.26. The van der Waals surface area contributed by atoms with Crippen LogP contribution in [0, 0.1) is 0 Å². The Balaban J connectivity index is 1.41. The molecule has 1 aromatic heterocycles. The molecule has 72 heavy (non-hydrogen) atoms. The molecule has 0 radical (unpaired) electrons. The fourth-order valence-electron chi connectivity index (χ4n) is 8.38. The quantitative estimate of drug-likeness (QED) is 0.0291. The van der Waals surface area contributed by atoms with Crippen LogP contribution in [-0.2, 0) is 35.5 Å². The summed E-state index contributed by atoms with van der Waals surface area (Å²) in [5.41, 5.74) is -2.54. The molecular weight excluding hydrogens is 1050 g/mol. The van der Waals surface area contributed by atoms with Crippen molar-refractivity contribution in [3.63, 3.8) is 0 Å². The van der Waals surface area contributed by atoms with Gasteiger partial charge >= 0.3 is 5.69 Å². The number of nitrogens with zero attached hydrogens (tertiary/aromatic N) is 3. The SMILES string of the molecule is COc1ccc(C(OC[C@H]2O[C@@H](n3cc(CN(C)C(=O)CC(C)(O)C(=O)c4ccccc4)c(=O)[nH]c3=O)C[C@@H]2OP(OC(Cl)(Cl)C(Cl)(Cl)Cl)N(C(C)C)C(C)C)(c2ccccc2)c2ccc(OC)cc2)cc1. The maximum atomic E-state index is 13.9. The molecule has 0 bridgehead atoms. The van der Waals surface area contributed by atoms with Crippen molar-refractivity contribution >= 4 is 78.2 Å². The summed E-state index contributed by atoms with van der Waals surface area (Å²) in [6.07, 6.45) is -2.44. The van der Waals surface area contributed by atoms with Gasteiger partial charge in [-0.1, -0.05) is 143 Å². The third-order valence-corrected chi connectivity index (χ3v) is 16.5. The van der Waals surface area contributed by atoms with Crippen LogP contribution < -0.4 is 20.7 Å². The van der Waals surface area contributed by atoms with Crippen LogP contribution in [0.4, 0.5) is 0 Å². The Morgan fingerprint density at radius 1 is 0.819 bits per heavy atom. The molecule has 5 aromatic rings. The summed E-state index contributed by atoms with van der Waals surface area (Å²) in [6.45, 7) is 8.42. The Morgan fingerprint density at radius 2 is 1.33 bits per heavy atom. The molecule has 5 atom stereocenters. The monoisotopic (exact) mass is 1110 g/mol. The Bertz CT molecular complexity index is 2670. The second-order valence-electron chi connectivity index (χ2n) is 18.0. The minimum absolute atomic E-state index is 0.00419. The van der Waals surface area contributed by atoms with Crippen LogP contribution in [0.5, 0.6) is 11.5 Å². The van der Waals surface area contributed by atoms with Gasteiger partial charge in [0.05, 0.1) is 45.5 Å². The van der Waals surface area contributed by atoms with E-state index in [0.717, 1.165) is 16.7 Å². The third-order valence-electron chi connectivity index (χ3n) is 12.0. The van der Waals surface area contributed by atoms with Crippen LogP contribution in [0.3, 0.4) is 0 Å². The highest BCUT2D eigenvalue weighted by atomic mass is 35.6. The number of aliphatic hydroxyl groups is 1. The molecule has 2 unspecified atom stereocenters. The van der Waals surface area contributed by atoms with Gasteiger partial charge in [-0.05, 0) is 75.6 Å². The molecule has 388 valence electrons. The van der Waals surface area contributed by atoms with E-state index in [1.807, 2.05) is 111 Å². The second kappa shape index (κ2) is 24.1. The van der Waals surface area contributed by atoms with Gasteiger partial charge in [-0.3, -0.25) is 28.5 Å². The fourth-order valence-corrected chi connectivity index (χ4v) is 10.8. The Labute approximate surface area is 445 Å². The smallest absolute Gasteiger partial charge is 0.330 e. The number of ether oxygens (including phenoxy) is 4. The first kappa shape index (κ1) is 57.2. The highest BCUT2D eigenvalue weighted by Crippen LogP contribution is 2.59. The zero-order valence-electron chi connectivity index (χ0n) is 40.9. The number of alkyl halides is 5. The average Bonchev–Trinajstić information content (AvgIpc) is 3.73. The van der Waals surface area contributed by atoms with Gasteiger partial charge in [0.1, 0.15) is 35.0 Å². The highest BCUT2D eigenvalue weighted by molar-refractivity contribution is 7.44. The second-order valence-corrected chi connectivity index (χ2v) is 22.8. The molecule has 4 aromatic carbocycles. The van der Waals surface area contributed by atoms with Gasteiger partial charge in [-0.15, -0.1) is 0 Å². The molecule has 2 heterocycles. The molecule has 15 nitrogen and oxygen atoms in total. The minimum atomic E-state index is -2.42. The third kappa shape index (κ3) is 13.2. The van der Waals surface area contributed by atoms with E-state index in [1.165, 1.54) is 29.6 Å². The van der Waals surface area contributed by atoms with Crippen LogP contribution in [0.1, 0.15) is 86.3 Å². The Hall–Kier alpha value is -4.06. The lowest BCUT2D eigenvalue weighted by Gasteiger charge is -2.41. The van der Waals surface area contributed by atoms with E-state index in [-0.39, 0.29) is 42.8 Å². The number of nitrogens with one attached hydrogen (secondary N) is 1. The minimum Gasteiger partial charge on any atom is -0.497 e. The van der Waals surface area contributed by atoms with Crippen molar-refractivity contribution in [2.24, 2.45) is 0 Å². The molecule has 21 heteroatoms. The summed E-state index contributed by atoms with van der Waals surface area (Å²) in [5.74, 6) is -0.0459. The average molecular weight is 1110 g/mol. The molecule has 1 amide bonds. The molecule has 6 rings (SSSR count). The number of Topliss-reactive ketones (excluding diaryl/α,β-unsaturated/α-hetero) is 1. The number of carbonyl (C=O) groups is 2. The number of aromatic nitrogens is 2. The van der Waals surface area contributed by atoms with Crippen LogP contribution in [0.2, 0.25) is 0 Å². The predicted molar refractivity (Wildman–Crippen MR) is 280 cm³/mol. The van der Waals surface area contributed by atoms with E-state index in [0.29, 0.717) is 11.5 Å².